The summed E-state index contributed by atoms with van der Waals surface area (Å²) in [6.07, 6.45) is 1.80. The van der Waals surface area contributed by atoms with Crippen LogP contribution in [-0.4, -0.2) is 4.98 Å². The Morgan fingerprint density at radius 1 is 1.26 bits per heavy atom. The average molecular weight is 323 g/mol. The first-order chi connectivity index (χ1) is 11.1. The molecule has 0 aliphatic rings. The molecule has 0 spiro atoms. The van der Waals surface area contributed by atoms with E-state index in [-0.39, 0.29) is 6.04 Å². The molecule has 3 aromatic rings. The number of pyridine rings is 1. The van der Waals surface area contributed by atoms with E-state index >= 15 is 0 Å². The van der Waals surface area contributed by atoms with E-state index in [9.17, 15) is 0 Å². The minimum Gasteiger partial charge on any atom is -0.398 e. The van der Waals surface area contributed by atoms with Crippen molar-refractivity contribution in [3.63, 3.8) is 0 Å². The number of aromatic nitrogens is 1. The van der Waals surface area contributed by atoms with E-state index in [1.54, 1.807) is 17.5 Å². The fourth-order valence-corrected chi connectivity index (χ4v) is 3.33. The van der Waals surface area contributed by atoms with Crippen LogP contribution in [-0.2, 0) is 0 Å². The largest absolute Gasteiger partial charge is 0.398 e. The second-order valence-electron chi connectivity index (χ2n) is 5.95. The SMILES string of the molecule is C=C(NC(c1cc(N)c2cccnc2c1)c1cccs1)C(C)C. The predicted octanol–water partition coefficient (Wildman–Crippen LogP) is 4.73. The number of nitrogens with zero attached hydrogens (tertiary/aromatic N) is 1. The van der Waals surface area contributed by atoms with Gasteiger partial charge in [-0.05, 0) is 47.2 Å². The molecule has 3 N–H and O–H groups in total. The number of nitrogens with one attached hydrogen (secondary N) is 1. The van der Waals surface area contributed by atoms with Crippen LogP contribution in [0.3, 0.4) is 0 Å². The first-order valence-electron chi connectivity index (χ1n) is 7.69. The lowest BCUT2D eigenvalue weighted by Crippen LogP contribution is -2.23. The predicted molar refractivity (Wildman–Crippen MR) is 99.4 cm³/mol. The van der Waals surface area contributed by atoms with Crippen LogP contribution in [0.15, 0.2) is 60.3 Å². The molecule has 2 heterocycles. The number of nitrogens with two attached hydrogens (primary N) is 1. The zero-order chi connectivity index (χ0) is 16.4. The molecule has 2 aromatic heterocycles. The highest BCUT2D eigenvalue weighted by Gasteiger charge is 2.18. The van der Waals surface area contributed by atoms with E-state index in [4.69, 9.17) is 5.73 Å². The van der Waals surface area contributed by atoms with Crippen molar-refractivity contribution < 1.29 is 0 Å². The molecule has 3 rings (SSSR count). The minimum atomic E-state index is 0.0404. The molecule has 4 heteroatoms. The topological polar surface area (TPSA) is 50.9 Å². The van der Waals surface area contributed by atoms with Gasteiger partial charge in [-0.2, -0.15) is 0 Å². The summed E-state index contributed by atoms with van der Waals surface area (Å²) in [4.78, 5) is 5.69. The standard InChI is InChI=1S/C19H21N3S/c1-12(2)13(3)22-19(18-7-5-9-23-18)14-10-16(20)15-6-4-8-21-17(15)11-14/h4-12,19,22H,3,20H2,1-2H3. The summed E-state index contributed by atoms with van der Waals surface area (Å²) in [6, 6.07) is 12.3. The summed E-state index contributed by atoms with van der Waals surface area (Å²) in [5.41, 5.74) is 10.0. The van der Waals surface area contributed by atoms with Crippen molar-refractivity contribution in [1.82, 2.24) is 10.3 Å². The average Bonchev–Trinajstić information content (AvgIpc) is 3.06. The Kier molecular flexibility index (Phi) is 4.35. The summed E-state index contributed by atoms with van der Waals surface area (Å²) in [7, 11) is 0. The second kappa shape index (κ2) is 6.42. The number of hydrogen-bond donors (Lipinski definition) is 2. The Labute approximate surface area is 140 Å². The first-order valence-corrected chi connectivity index (χ1v) is 8.57. The third-order valence-corrected chi connectivity index (χ3v) is 4.90. The molecule has 0 aliphatic heterocycles. The van der Waals surface area contributed by atoms with Gasteiger partial charge in [0.2, 0.25) is 0 Å². The van der Waals surface area contributed by atoms with Crippen molar-refractivity contribution in [3.8, 4) is 0 Å². The Morgan fingerprint density at radius 3 is 2.78 bits per heavy atom. The number of fused-ring (bicyclic) bond motifs is 1. The molecular formula is C19H21N3S. The van der Waals surface area contributed by atoms with Crippen molar-refractivity contribution in [2.75, 3.05) is 5.73 Å². The maximum absolute atomic E-state index is 6.25. The number of thiophene rings is 1. The molecule has 118 valence electrons. The molecular weight excluding hydrogens is 302 g/mol. The van der Waals surface area contributed by atoms with Crippen molar-refractivity contribution in [2.45, 2.75) is 19.9 Å². The van der Waals surface area contributed by atoms with Crippen LogP contribution in [0.25, 0.3) is 10.9 Å². The normalized spacial score (nSPS) is 12.5. The Morgan fingerprint density at radius 2 is 2.09 bits per heavy atom. The van der Waals surface area contributed by atoms with Crippen LogP contribution in [0.5, 0.6) is 0 Å². The van der Waals surface area contributed by atoms with Gasteiger partial charge in [-0.1, -0.05) is 26.5 Å². The van der Waals surface area contributed by atoms with Gasteiger partial charge in [0, 0.05) is 27.8 Å². The highest BCUT2D eigenvalue weighted by atomic mass is 32.1. The van der Waals surface area contributed by atoms with E-state index in [0.29, 0.717) is 5.92 Å². The van der Waals surface area contributed by atoms with Crippen LogP contribution in [0.4, 0.5) is 5.69 Å². The molecule has 0 saturated heterocycles. The molecule has 3 nitrogen and oxygen atoms in total. The van der Waals surface area contributed by atoms with Gasteiger partial charge in [0.25, 0.3) is 0 Å². The third kappa shape index (κ3) is 3.22. The molecule has 0 radical (unpaired) electrons. The maximum Gasteiger partial charge on any atom is 0.0859 e. The Hall–Kier alpha value is -2.33. The minimum absolute atomic E-state index is 0.0404. The van der Waals surface area contributed by atoms with Crippen LogP contribution < -0.4 is 11.1 Å². The highest BCUT2D eigenvalue weighted by Crippen LogP contribution is 2.32. The van der Waals surface area contributed by atoms with Gasteiger partial charge in [-0.3, -0.25) is 4.98 Å². The molecule has 1 aromatic carbocycles. The van der Waals surface area contributed by atoms with E-state index in [2.05, 4.69) is 54.3 Å². The number of rotatable bonds is 5. The monoisotopic (exact) mass is 323 g/mol. The Bertz CT molecular complexity index is 822. The van der Waals surface area contributed by atoms with Crippen molar-refractivity contribution >= 4 is 27.9 Å². The molecule has 0 aliphatic carbocycles. The molecule has 1 unspecified atom stereocenters. The van der Waals surface area contributed by atoms with Gasteiger partial charge in [-0.15, -0.1) is 11.3 Å². The van der Waals surface area contributed by atoms with E-state index in [1.165, 1.54) is 4.88 Å². The quantitative estimate of drug-likeness (QED) is 0.668. The lowest BCUT2D eigenvalue weighted by atomic mass is 10.0. The molecule has 23 heavy (non-hydrogen) atoms. The fourth-order valence-electron chi connectivity index (χ4n) is 2.53. The van der Waals surface area contributed by atoms with Crippen molar-refractivity contribution in [3.05, 3.63) is 70.7 Å². The van der Waals surface area contributed by atoms with Gasteiger partial charge >= 0.3 is 0 Å². The highest BCUT2D eigenvalue weighted by molar-refractivity contribution is 7.10. The summed E-state index contributed by atoms with van der Waals surface area (Å²) >= 11 is 1.73. The summed E-state index contributed by atoms with van der Waals surface area (Å²) in [5.74, 6) is 0.369. The number of benzene rings is 1. The maximum atomic E-state index is 6.25. The van der Waals surface area contributed by atoms with Crippen LogP contribution in [0, 0.1) is 5.92 Å². The van der Waals surface area contributed by atoms with Gasteiger partial charge in [-0.25, -0.2) is 0 Å². The summed E-state index contributed by atoms with van der Waals surface area (Å²) < 4.78 is 0. The van der Waals surface area contributed by atoms with Crippen LogP contribution in [0.2, 0.25) is 0 Å². The van der Waals surface area contributed by atoms with Crippen LogP contribution >= 0.6 is 11.3 Å². The van der Waals surface area contributed by atoms with E-state index < -0.39 is 0 Å². The number of allylic oxidation sites excluding steroid dienone is 1. The summed E-state index contributed by atoms with van der Waals surface area (Å²) in [5, 5.41) is 6.64. The zero-order valence-electron chi connectivity index (χ0n) is 13.4. The molecule has 0 fully saturated rings. The van der Waals surface area contributed by atoms with Gasteiger partial charge in [0.1, 0.15) is 0 Å². The van der Waals surface area contributed by atoms with E-state index in [1.807, 2.05) is 18.2 Å². The van der Waals surface area contributed by atoms with Crippen molar-refractivity contribution in [2.24, 2.45) is 5.92 Å². The molecule has 0 saturated carbocycles. The zero-order valence-corrected chi connectivity index (χ0v) is 14.2. The number of nitrogen functional groups attached to an aromatic ring is 1. The lowest BCUT2D eigenvalue weighted by molar-refractivity contribution is 0.610. The van der Waals surface area contributed by atoms with E-state index in [0.717, 1.165) is 27.9 Å². The van der Waals surface area contributed by atoms with Crippen molar-refractivity contribution in [1.29, 1.82) is 0 Å². The number of anilines is 1. The first kappa shape index (κ1) is 15.6. The fraction of sp³-hybridized carbons (Fsp3) is 0.211. The summed E-state index contributed by atoms with van der Waals surface area (Å²) in [6.45, 7) is 8.43. The van der Waals surface area contributed by atoms with Gasteiger partial charge in [0.15, 0.2) is 0 Å². The van der Waals surface area contributed by atoms with Gasteiger partial charge in [0.05, 0.1) is 11.6 Å². The van der Waals surface area contributed by atoms with Crippen LogP contribution in [0.1, 0.15) is 30.3 Å². The third-order valence-electron chi connectivity index (χ3n) is 3.96. The molecule has 0 amide bonds. The molecule has 0 bridgehead atoms. The Balaban J connectivity index is 2.08. The second-order valence-corrected chi connectivity index (χ2v) is 6.93. The molecule has 1 atom stereocenters. The smallest absolute Gasteiger partial charge is 0.0859 e. The van der Waals surface area contributed by atoms with Gasteiger partial charge < -0.3 is 11.1 Å². The number of hydrogen-bond acceptors (Lipinski definition) is 4. The lowest BCUT2D eigenvalue weighted by Gasteiger charge is -2.23.